The Morgan fingerprint density at radius 3 is 2.41 bits per heavy atom. The molecule has 11 heteroatoms. The van der Waals surface area contributed by atoms with Crippen molar-refractivity contribution in [3.05, 3.63) is 58.1 Å². The molecule has 1 heterocycles. The number of sulfonamides is 1. The summed E-state index contributed by atoms with van der Waals surface area (Å²) in [6, 6.07) is 9.92. The third kappa shape index (κ3) is 4.26. The number of carbonyl (C=O) groups is 1. The Labute approximate surface area is 171 Å². The lowest BCUT2D eigenvalue weighted by Gasteiger charge is -2.18. The van der Waals surface area contributed by atoms with Gasteiger partial charge >= 0.3 is 0 Å². The zero-order chi connectivity index (χ0) is 21.2. The van der Waals surface area contributed by atoms with E-state index >= 15 is 0 Å². The maximum Gasteiger partial charge on any atom is 0.270 e. The first-order chi connectivity index (χ1) is 13.8. The number of nitrogens with zero attached hydrogens (tertiary/aromatic N) is 3. The fourth-order valence-corrected chi connectivity index (χ4v) is 5.09. The van der Waals surface area contributed by atoms with Crippen LogP contribution in [-0.2, 0) is 10.0 Å². The zero-order valence-corrected chi connectivity index (χ0v) is 17.3. The van der Waals surface area contributed by atoms with Crippen molar-refractivity contribution in [3.63, 3.8) is 0 Å². The SMILES string of the molecule is CCN(CC)S(=O)(=O)c1ccc(C(=O)Nc2nc3ccc([N+](=O)[O-])cc3s2)cc1. The molecule has 0 radical (unpaired) electrons. The van der Waals surface area contributed by atoms with Crippen LogP contribution < -0.4 is 5.32 Å². The Balaban J connectivity index is 1.79. The van der Waals surface area contributed by atoms with Crippen molar-refractivity contribution < 1.29 is 18.1 Å². The minimum absolute atomic E-state index is 0.0518. The number of nitro groups is 1. The lowest BCUT2D eigenvalue weighted by Crippen LogP contribution is -2.30. The zero-order valence-electron chi connectivity index (χ0n) is 15.7. The molecule has 9 nitrogen and oxygen atoms in total. The molecule has 0 aliphatic carbocycles. The van der Waals surface area contributed by atoms with E-state index in [1.54, 1.807) is 13.8 Å². The predicted octanol–water partition coefficient (Wildman–Crippen LogP) is 3.49. The first kappa shape index (κ1) is 20.8. The molecule has 1 amide bonds. The average Bonchev–Trinajstić information content (AvgIpc) is 3.10. The number of thiazole rings is 1. The van der Waals surface area contributed by atoms with Crippen LogP contribution in [0.15, 0.2) is 47.4 Å². The molecule has 3 rings (SSSR count). The second-order valence-electron chi connectivity index (χ2n) is 6.00. The third-order valence-electron chi connectivity index (χ3n) is 4.26. The molecule has 0 spiro atoms. The van der Waals surface area contributed by atoms with Gasteiger partial charge < -0.3 is 0 Å². The fourth-order valence-electron chi connectivity index (χ4n) is 2.74. The Kier molecular flexibility index (Phi) is 5.91. The Morgan fingerprint density at radius 2 is 1.83 bits per heavy atom. The van der Waals surface area contributed by atoms with Crippen LogP contribution in [0.5, 0.6) is 0 Å². The summed E-state index contributed by atoms with van der Waals surface area (Å²) in [5, 5.41) is 13.8. The van der Waals surface area contributed by atoms with E-state index in [0.717, 1.165) is 11.3 Å². The number of nitrogens with one attached hydrogen (secondary N) is 1. The van der Waals surface area contributed by atoms with Crippen LogP contribution >= 0.6 is 11.3 Å². The Hall–Kier alpha value is -2.89. The Morgan fingerprint density at radius 1 is 1.17 bits per heavy atom. The van der Waals surface area contributed by atoms with Crippen LogP contribution in [0.4, 0.5) is 10.8 Å². The summed E-state index contributed by atoms with van der Waals surface area (Å²) in [5.74, 6) is -0.453. The van der Waals surface area contributed by atoms with Crippen LogP contribution in [0, 0.1) is 10.1 Å². The van der Waals surface area contributed by atoms with Crippen LogP contribution in [-0.4, -0.2) is 41.6 Å². The van der Waals surface area contributed by atoms with Gasteiger partial charge in [-0.1, -0.05) is 25.2 Å². The molecular formula is C18H18N4O5S2. The largest absolute Gasteiger partial charge is 0.298 e. The highest BCUT2D eigenvalue weighted by molar-refractivity contribution is 7.89. The van der Waals surface area contributed by atoms with Gasteiger partial charge in [0.2, 0.25) is 10.0 Å². The van der Waals surface area contributed by atoms with Gasteiger partial charge in [0.25, 0.3) is 11.6 Å². The lowest BCUT2D eigenvalue weighted by atomic mass is 10.2. The highest BCUT2D eigenvalue weighted by atomic mass is 32.2. The maximum absolute atomic E-state index is 12.5. The van der Waals surface area contributed by atoms with E-state index < -0.39 is 20.9 Å². The minimum Gasteiger partial charge on any atom is -0.298 e. The second kappa shape index (κ2) is 8.23. The van der Waals surface area contributed by atoms with Crippen LogP contribution in [0.1, 0.15) is 24.2 Å². The van der Waals surface area contributed by atoms with Crippen molar-refractivity contribution >= 4 is 48.3 Å². The molecule has 3 aromatic rings. The molecular weight excluding hydrogens is 416 g/mol. The Bertz CT molecular complexity index is 1170. The van der Waals surface area contributed by atoms with Gasteiger partial charge in [0.15, 0.2) is 5.13 Å². The number of non-ortho nitro benzene ring substituents is 1. The molecule has 1 N–H and O–H groups in total. The molecule has 0 aliphatic rings. The fraction of sp³-hybridized carbons (Fsp3) is 0.222. The lowest BCUT2D eigenvalue weighted by molar-refractivity contribution is -0.384. The molecule has 29 heavy (non-hydrogen) atoms. The van der Waals surface area contributed by atoms with Crippen LogP contribution in [0.2, 0.25) is 0 Å². The first-order valence-electron chi connectivity index (χ1n) is 8.72. The van der Waals surface area contributed by atoms with Crippen LogP contribution in [0.3, 0.4) is 0 Å². The highest BCUT2D eigenvalue weighted by Crippen LogP contribution is 2.29. The maximum atomic E-state index is 12.5. The number of fused-ring (bicyclic) bond motifs is 1. The second-order valence-corrected chi connectivity index (χ2v) is 8.96. The molecule has 2 aromatic carbocycles. The molecule has 0 bridgehead atoms. The van der Waals surface area contributed by atoms with Crippen molar-refractivity contribution in [1.82, 2.24) is 9.29 Å². The molecule has 0 saturated heterocycles. The van der Waals surface area contributed by atoms with Gasteiger partial charge in [-0.05, 0) is 30.3 Å². The van der Waals surface area contributed by atoms with Crippen molar-refractivity contribution in [1.29, 1.82) is 0 Å². The highest BCUT2D eigenvalue weighted by Gasteiger charge is 2.22. The monoisotopic (exact) mass is 434 g/mol. The molecule has 0 aliphatic heterocycles. The average molecular weight is 434 g/mol. The number of amides is 1. The number of anilines is 1. The number of rotatable bonds is 7. The van der Waals surface area contributed by atoms with Gasteiger partial charge in [0.1, 0.15) is 0 Å². The minimum atomic E-state index is -3.59. The van der Waals surface area contributed by atoms with Gasteiger partial charge in [0, 0.05) is 30.8 Å². The number of hydrogen-bond donors (Lipinski definition) is 1. The standard InChI is InChI=1S/C18H18N4O5S2/c1-3-21(4-2)29(26,27)14-8-5-12(6-9-14)17(23)20-18-19-15-10-7-13(22(24)25)11-16(15)28-18/h5-11H,3-4H2,1-2H3,(H,19,20,23). The van der Waals surface area contributed by atoms with E-state index in [1.807, 2.05) is 0 Å². The summed E-state index contributed by atoms with van der Waals surface area (Å²) in [6.45, 7) is 4.23. The smallest absolute Gasteiger partial charge is 0.270 e. The van der Waals surface area contributed by atoms with E-state index in [2.05, 4.69) is 10.3 Å². The summed E-state index contributed by atoms with van der Waals surface area (Å²) in [7, 11) is -3.59. The van der Waals surface area contributed by atoms with Gasteiger partial charge in [-0.2, -0.15) is 4.31 Å². The van der Waals surface area contributed by atoms with E-state index in [9.17, 15) is 23.3 Å². The molecule has 0 fully saturated rings. The molecule has 152 valence electrons. The molecule has 1 aromatic heterocycles. The number of aromatic nitrogens is 1. The number of hydrogen-bond acceptors (Lipinski definition) is 7. The summed E-state index contributed by atoms with van der Waals surface area (Å²) in [4.78, 5) is 27.2. The van der Waals surface area contributed by atoms with Gasteiger partial charge in [-0.3, -0.25) is 20.2 Å². The number of nitro benzene ring substituents is 1. The quantitative estimate of drug-likeness (QED) is 0.449. The normalized spacial score (nSPS) is 11.7. The van der Waals surface area contributed by atoms with Gasteiger partial charge in [-0.15, -0.1) is 0 Å². The number of benzene rings is 2. The van der Waals surface area contributed by atoms with E-state index in [-0.39, 0.29) is 16.1 Å². The van der Waals surface area contributed by atoms with Crippen molar-refractivity contribution in [2.45, 2.75) is 18.7 Å². The summed E-state index contributed by atoms with van der Waals surface area (Å²) in [6.07, 6.45) is 0. The van der Waals surface area contributed by atoms with E-state index in [4.69, 9.17) is 0 Å². The summed E-state index contributed by atoms with van der Waals surface area (Å²) >= 11 is 1.12. The third-order valence-corrected chi connectivity index (χ3v) is 7.26. The topological polar surface area (TPSA) is 123 Å². The van der Waals surface area contributed by atoms with Crippen molar-refractivity contribution in [2.75, 3.05) is 18.4 Å². The van der Waals surface area contributed by atoms with E-state index in [0.29, 0.717) is 28.4 Å². The molecule has 0 unspecified atom stereocenters. The molecule has 0 atom stereocenters. The predicted molar refractivity (Wildman–Crippen MR) is 111 cm³/mol. The number of carbonyl (C=O) groups excluding carboxylic acids is 1. The summed E-state index contributed by atoms with van der Waals surface area (Å²) < 4.78 is 26.9. The molecule has 0 saturated carbocycles. The van der Waals surface area contributed by atoms with Crippen molar-refractivity contribution in [2.24, 2.45) is 0 Å². The summed E-state index contributed by atoms with van der Waals surface area (Å²) in [5.41, 5.74) is 0.759. The van der Waals surface area contributed by atoms with Gasteiger partial charge in [0.05, 0.1) is 20.0 Å². The first-order valence-corrected chi connectivity index (χ1v) is 11.0. The van der Waals surface area contributed by atoms with Crippen molar-refractivity contribution in [3.8, 4) is 0 Å². The van der Waals surface area contributed by atoms with Gasteiger partial charge in [-0.25, -0.2) is 13.4 Å². The van der Waals surface area contributed by atoms with Crippen LogP contribution in [0.25, 0.3) is 10.2 Å². The van der Waals surface area contributed by atoms with E-state index in [1.165, 1.54) is 46.8 Å².